The summed E-state index contributed by atoms with van der Waals surface area (Å²) in [6.45, 7) is 3.19. The van der Waals surface area contributed by atoms with Gasteiger partial charge in [-0.2, -0.15) is 15.5 Å². The molecule has 1 saturated heterocycles. The van der Waals surface area contributed by atoms with Crippen LogP contribution in [-0.2, 0) is 4.74 Å². The number of carbonyl (C=O) groups is 1. The highest BCUT2D eigenvalue weighted by Gasteiger charge is 2.29. The maximum absolute atomic E-state index is 14.5. The first-order valence-electron chi connectivity index (χ1n) is 15.6. The lowest BCUT2D eigenvalue weighted by Crippen LogP contribution is -2.42. The van der Waals surface area contributed by atoms with Crippen molar-refractivity contribution < 1.29 is 19.0 Å². The van der Waals surface area contributed by atoms with Crippen LogP contribution < -0.4 is 10.6 Å². The van der Waals surface area contributed by atoms with Crippen LogP contribution in [0.15, 0.2) is 49.1 Å². The summed E-state index contributed by atoms with van der Waals surface area (Å²) in [6, 6.07) is 9.52. The predicted octanol–water partition coefficient (Wildman–Crippen LogP) is 5.14. The van der Waals surface area contributed by atoms with Crippen LogP contribution in [0.1, 0.15) is 92.4 Å². The number of rotatable bonds is 9. The molecule has 1 aliphatic carbocycles. The van der Waals surface area contributed by atoms with Crippen LogP contribution in [0, 0.1) is 11.3 Å². The molecule has 4 aromatic heterocycles. The van der Waals surface area contributed by atoms with Crippen molar-refractivity contribution in [2.45, 2.75) is 88.8 Å². The molecule has 0 spiro atoms. The molecule has 45 heavy (non-hydrogen) atoms. The molecule has 4 aromatic rings. The Hall–Kier alpha value is -4.34. The van der Waals surface area contributed by atoms with Gasteiger partial charge in [-0.25, -0.2) is 13.6 Å². The quantitative estimate of drug-likeness (QED) is 0.235. The van der Waals surface area contributed by atoms with Crippen molar-refractivity contribution in [2.24, 2.45) is 0 Å². The van der Waals surface area contributed by atoms with Crippen molar-refractivity contribution in [2.75, 3.05) is 18.5 Å². The number of hydrogen-bond acceptors (Lipinski definition) is 8. The monoisotopic (exact) mass is 614 g/mol. The van der Waals surface area contributed by atoms with Gasteiger partial charge in [0, 0.05) is 25.0 Å². The van der Waals surface area contributed by atoms with Crippen molar-refractivity contribution in [3.63, 3.8) is 0 Å². The van der Waals surface area contributed by atoms with E-state index >= 15 is 0 Å². The normalized spacial score (nSPS) is 21.3. The molecule has 1 aliphatic heterocycles. The average Bonchev–Trinajstić information content (AvgIpc) is 3.71. The number of hydrogen-bond donors (Lipinski definition) is 3. The highest BCUT2D eigenvalue weighted by Crippen LogP contribution is 2.36. The zero-order chi connectivity index (χ0) is 31.6. The SMILES string of the molecule is CC(C)(O)[C@H](F)CNC(=O)c1cnc(-c2ccc3cc(C#N)cnn23)cc1NC1CCC(c2cnn(C3CCCCO3)c2)CC1. The molecule has 2 fully saturated rings. The molecule has 3 N–H and O–H groups in total. The number of nitrogens with zero attached hydrogens (tertiary/aromatic N) is 6. The third-order valence-electron chi connectivity index (χ3n) is 8.88. The Balaban J connectivity index is 1.20. The summed E-state index contributed by atoms with van der Waals surface area (Å²) in [7, 11) is 0. The standard InChI is InChI=1S/C33H39FN8O3/c1-33(2,44)30(34)19-37-32(43)26-18-36-28(29-11-10-25-13-21(15-35)16-39-42(25)29)14-27(26)40-24-8-6-22(7-9-24)23-17-38-41(20-23)31-5-3-4-12-45-31/h10-11,13-14,16-18,20,22,24,30-31,44H,3-9,12,19H2,1-2H3,(H,36,40)(H,37,43)/t22?,24?,30-,31?/m1/s1. The number of nitrogens with one attached hydrogen (secondary N) is 2. The van der Waals surface area contributed by atoms with Crippen LogP contribution in [0.4, 0.5) is 10.1 Å². The number of halogens is 1. The smallest absolute Gasteiger partial charge is 0.255 e. The Morgan fingerprint density at radius 1 is 1.16 bits per heavy atom. The lowest BCUT2D eigenvalue weighted by molar-refractivity contribution is -0.0395. The third kappa shape index (κ3) is 6.84. The van der Waals surface area contributed by atoms with Gasteiger partial charge in [0.2, 0.25) is 0 Å². The summed E-state index contributed by atoms with van der Waals surface area (Å²) in [5, 5.41) is 34.4. The Morgan fingerprint density at radius 2 is 1.98 bits per heavy atom. The second-order valence-electron chi connectivity index (χ2n) is 12.6. The Kier molecular flexibility index (Phi) is 8.83. The van der Waals surface area contributed by atoms with E-state index < -0.39 is 17.7 Å². The van der Waals surface area contributed by atoms with Crippen molar-refractivity contribution in [1.82, 2.24) is 29.7 Å². The number of anilines is 1. The second kappa shape index (κ2) is 12.9. The Labute approximate surface area is 261 Å². The van der Waals surface area contributed by atoms with Gasteiger partial charge < -0.3 is 20.5 Å². The molecule has 1 unspecified atom stereocenters. The van der Waals surface area contributed by atoms with E-state index in [0.717, 1.165) is 57.1 Å². The van der Waals surface area contributed by atoms with Gasteiger partial charge in [0.1, 0.15) is 18.5 Å². The molecule has 0 aromatic carbocycles. The van der Waals surface area contributed by atoms with E-state index in [1.54, 1.807) is 10.6 Å². The number of ether oxygens (including phenoxy) is 1. The summed E-state index contributed by atoms with van der Waals surface area (Å²) >= 11 is 0. The van der Waals surface area contributed by atoms with Gasteiger partial charge in [-0.3, -0.25) is 9.78 Å². The minimum atomic E-state index is -1.63. The van der Waals surface area contributed by atoms with Crippen LogP contribution in [0.2, 0.25) is 0 Å². The fourth-order valence-electron chi connectivity index (χ4n) is 6.12. The highest BCUT2D eigenvalue weighted by atomic mass is 19.1. The van der Waals surface area contributed by atoms with Gasteiger partial charge in [-0.15, -0.1) is 0 Å². The van der Waals surface area contributed by atoms with Gasteiger partial charge in [-0.1, -0.05) is 0 Å². The number of nitriles is 1. The van der Waals surface area contributed by atoms with E-state index in [-0.39, 0.29) is 24.4 Å². The highest BCUT2D eigenvalue weighted by molar-refractivity contribution is 6.00. The summed E-state index contributed by atoms with van der Waals surface area (Å²) in [4.78, 5) is 17.8. The van der Waals surface area contributed by atoms with E-state index in [2.05, 4.69) is 38.1 Å². The average molecular weight is 615 g/mol. The number of aromatic nitrogens is 5. The van der Waals surface area contributed by atoms with Gasteiger partial charge in [0.15, 0.2) is 0 Å². The summed E-state index contributed by atoms with van der Waals surface area (Å²) in [6.07, 6.45) is 12.4. The summed E-state index contributed by atoms with van der Waals surface area (Å²) < 4.78 is 24.0. The van der Waals surface area contributed by atoms with E-state index in [0.29, 0.717) is 28.6 Å². The van der Waals surface area contributed by atoms with Gasteiger partial charge >= 0.3 is 0 Å². The molecule has 1 amide bonds. The fourth-order valence-corrected chi connectivity index (χ4v) is 6.12. The second-order valence-corrected chi connectivity index (χ2v) is 12.6. The first kappa shape index (κ1) is 30.7. The van der Waals surface area contributed by atoms with Crippen LogP contribution >= 0.6 is 0 Å². The molecule has 236 valence electrons. The van der Waals surface area contributed by atoms with Crippen LogP contribution in [0.3, 0.4) is 0 Å². The molecule has 11 nitrogen and oxygen atoms in total. The summed E-state index contributed by atoms with van der Waals surface area (Å²) in [5.74, 6) is -0.0813. The maximum Gasteiger partial charge on any atom is 0.255 e. The first-order chi connectivity index (χ1) is 21.7. The fraction of sp³-hybridized carbons (Fsp3) is 0.485. The lowest BCUT2D eigenvalue weighted by atomic mass is 9.83. The number of aliphatic hydroxyl groups is 1. The van der Waals surface area contributed by atoms with E-state index in [1.165, 1.54) is 31.8 Å². The predicted molar refractivity (Wildman–Crippen MR) is 166 cm³/mol. The molecule has 6 rings (SSSR count). The minimum Gasteiger partial charge on any atom is -0.387 e. The molecule has 5 heterocycles. The molecule has 2 aliphatic rings. The van der Waals surface area contributed by atoms with Gasteiger partial charge in [0.25, 0.3) is 5.91 Å². The molecule has 0 bridgehead atoms. The maximum atomic E-state index is 14.5. The van der Waals surface area contributed by atoms with E-state index in [4.69, 9.17) is 4.74 Å². The molecule has 12 heteroatoms. The Bertz CT molecular complexity index is 1690. The van der Waals surface area contributed by atoms with Gasteiger partial charge in [0.05, 0.1) is 58.3 Å². The molecule has 1 saturated carbocycles. The number of pyridine rings is 1. The Morgan fingerprint density at radius 3 is 2.71 bits per heavy atom. The van der Waals surface area contributed by atoms with E-state index in [1.807, 2.05) is 29.1 Å². The van der Waals surface area contributed by atoms with Gasteiger partial charge in [-0.05, 0) is 94.5 Å². The molecular weight excluding hydrogens is 575 g/mol. The van der Waals surface area contributed by atoms with Crippen molar-refractivity contribution in [3.8, 4) is 17.5 Å². The topological polar surface area (TPSA) is 142 Å². The zero-order valence-electron chi connectivity index (χ0n) is 25.6. The molecule has 2 atom stereocenters. The zero-order valence-corrected chi connectivity index (χ0v) is 25.6. The van der Waals surface area contributed by atoms with Crippen LogP contribution in [-0.4, -0.2) is 66.4 Å². The minimum absolute atomic E-state index is 0.0217. The lowest BCUT2D eigenvalue weighted by Gasteiger charge is -2.30. The van der Waals surface area contributed by atoms with Crippen molar-refractivity contribution in [3.05, 3.63) is 65.7 Å². The first-order valence-corrected chi connectivity index (χ1v) is 15.6. The van der Waals surface area contributed by atoms with E-state index in [9.17, 15) is 19.6 Å². The van der Waals surface area contributed by atoms with Crippen molar-refractivity contribution in [1.29, 1.82) is 5.26 Å². The molecular formula is C33H39FN8O3. The number of amides is 1. The largest absolute Gasteiger partial charge is 0.387 e. The van der Waals surface area contributed by atoms with Crippen LogP contribution in [0.5, 0.6) is 0 Å². The third-order valence-corrected chi connectivity index (χ3v) is 8.88. The van der Waals surface area contributed by atoms with Crippen LogP contribution in [0.25, 0.3) is 16.9 Å². The van der Waals surface area contributed by atoms with Crippen molar-refractivity contribution >= 4 is 17.1 Å². The number of carbonyl (C=O) groups excluding carboxylic acids is 1. The number of alkyl halides is 1. The summed E-state index contributed by atoms with van der Waals surface area (Å²) in [5.41, 5.74) is 3.03. The molecule has 0 radical (unpaired) electrons. The number of fused-ring (bicyclic) bond motifs is 1.